The number of nitrogens with one attached hydrogen (secondary N) is 1. The number of hydrogen-bond acceptors (Lipinski definition) is 2. The SMILES string of the molecule is Brc1cccc(SCCNc2ccccc2)c1. The van der Waals surface area contributed by atoms with E-state index in [1.54, 1.807) is 0 Å². The number of benzene rings is 2. The maximum absolute atomic E-state index is 3.48. The van der Waals surface area contributed by atoms with Crippen molar-refractivity contribution in [2.24, 2.45) is 0 Å². The fourth-order valence-electron chi connectivity index (χ4n) is 1.48. The van der Waals surface area contributed by atoms with Crippen LogP contribution in [0.4, 0.5) is 5.69 Å². The minimum Gasteiger partial charge on any atom is -0.384 e. The molecule has 0 saturated carbocycles. The molecule has 1 N–H and O–H groups in total. The zero-order valence-electron chi connectivity index (χ0n) is 9.40. The van der Waals surface area contributed by atoms with Crippen molar-refractivity contribution >= 4 is 33.4 Å². The summed E-state index contributed by atoms with van der Waals surface area (Å²) in [6.07, 6.45) is 0. The van der Waals surface area contributed by atoms with Crippen molar-refractivity contribution in [3.05, 3.63) is 59.1 Å². The van der Waals surface area contributed by atoms with Crippen LogP contribution in [0, 0.1) is 0 Å². The summed E-state index contributed by atoms with van der Waals surface area (Å²) in [7, 11) is 0. The molecule has 0 saturated heterocycles. The van der Waals surface area contributed by atoms with Gasteiger partial charge in [0.15, 0.2) is 0 Å². The molecule has 0 atom stereocenters. The topological polar surface area (TPSA) is 12.0 Å². The molecule has 3 heteroatoms. The first-order chi connectivity index (χ1) is 8.34. The van der Waals surface area contributed by atoms with E-state index in [4.69, 9.17) is 0 Å². The molecule has 0 aliphatic heterocycles. The Morgan fingerprint density at radius 1 is 1.00 bits per heavy atom. The fourth-order valence-corrected chi connectivity index (χ4v) is 2.85. The smallest absolute Gasteiger partial charge is 0.0340 e. The van der Waals surface area contributed by atoms with Crippen molar-refractivity contribution in [3.63, 3.8) is 0 Å². The van der Waals surface area contributed by atoms with Gasteiger partial charge < -0.3 is 5.32 Å². The van der Waals surface area contributed by atoms with Gasteiger partial charge in [0.25, 0.3) is 0 Å². The van der Waals surface area contributed by atoms with Gasteiger partial charge in [-0.2, -0.15) is 0 Å². The molecule has 0 aromatic heterocycles. The van der Waals surface area contributed by atoms with Crippen LogP contribution < -0.4 is 5.32 Å². The number of anilines is 1. The number of thioether (sulfide) groups is 1. The van der Waals surface area contributed by atoms with Gasteiger partial charge in [-0.25, -0.2) is 0 Å². The maximum Gasteiger partial charge on any atom is 0.0340 e. The quantitative estimate of drug-likeness (QED) is 0.637. The van der Waals surface area contributed by atoms with Crippen molar-refractivity contribution in [1.29, 1.82) is 0 Å². The van der Waals surface area contributed by atoms with Crippen LogP contribution in [0.25, 0.3) is 0 Å². The Bertz CT molecular complexity index is 459. The van der Waals surface area contributed by atoms with Crippen LogP contribution in [0.15, 0.2) is 64.0 Å². The van der Waals surface area contributed by atoms with E-state index in [0.717, 1.165) is 16.8 Å². The average Bonchev–Trinajstić information content (AvgIpc) is 2.36. The molecule has 0 heterocycles. The van der Waals surface area contributed by atoms with Crippen molar-refractivity contribution in [2.45, 2.75) is 4.90 Å². The van der Waals surface area contributed by atoms with Crippen molar-refractivity contribution in [2.75, 3.05) is 17.6 Å². The Hall–Kier alpha value is -0.930. The Morgan fingerprint density at radius 3 is 2.59 bits per heavy atom. The van der Waals surface area contributed by atoms with Crippen molar-refractivity contribution < 1.29 is 0 Å². The molecule has 0 amide bonds. The van der Waals surface area contributed by atoms with Crippen LogP contribution >= 0.6 is 27.7 Å². The molecule has 0 aliphatic carbocycles. The lowest BCUT2D eigenvalue weighted by atomic mass is 10.3. The van der Waals surface area contributed by atoms with E-state index in [1.807, 2.05) is 36.0 Å². The minimum absolute atomic E-state index is 0.973. The highest BCUT2D eigenvalue weighted by atomic mass is 79.9. The third-order valence-corrected chi connectivity index (χ3v) is 3.76. The summed E-state index contributed by atoms with van der Waals surface area (Å²) in [5, 5.41) is 3.40. The van der Waals surface area contributed by atoms with E-state index in [9.17, 15) is 0 Å². The Morgan fingerprint density at radius 2 is 1.82 bits per heavy atom. The van der Waals surface area contributed by atoms with E-state index in [1.165, 1.54) is 10.6 Å². The zero-order chi connectivity index (χ0) is 11.9. The molecule has 2 aromatic carbocycles. The zero-order valence-corrected chi connectivity index (χ0v) is 11.8. The third-order valence-electron chi connectivity index (χ3n) is 2.27. The highest BCUT2D eigenvalue weighted by molar-refractivity contribution is 9.10. The predicted octanol–water partition coefficient (Wildman–Crippen LogP) is 4.65. The molecule has 88 valence electrons. The number of para-hydroxylation sites is 1. The molecular weight excluding hydrogens is 294 g/mol. The van der Waals surface area contributed by atoms with Crippen LogP contribution in [0.5, 0.6) is 0 Å². The summed E-state index contributed by atoms with van der Waals surface area (Å²) in [5.74, 6) is 1.06. The number of hydrogen-bond donors (Lipinski definition) is 1. The van der Waals surface area contributed by atoms with Gasteiger partial charge in [0.1, 0.15) is 0 Å². The number of rotatable bonds is 5. The highest BCUT2D eigenvalue weighted by Crippen LogP contribution is 2.21. The lowest BCUT2D eigenvalue weighted by Crippen LogP contribution is -2.03. The summed E-state index contributed by atoms with van der Waals surface area (Å²) < 4.78 is 1.14. The normalized spacial score (nSPS) is 10.2. The minimum atomic E-state index is 0.973. The second-order valence-corrected chi connectivity index (χ2v) is 5.68. The Labute approximate surface area is 115 Å². The molecule has 0 fully saturated rings. The Kier molecular flexibility index (Phi) is 4.95. The predicted molar refractivity (Wildman–Crippen MR) is 79.8 cm³/mol. The van der Waals surface area contributed by atoms with Gasteiger partial charge in [-0.3, -0.25) is 0 Å². The Balaban J connectivity index is 1.73. The largest absolute Gasteiger partial charge is 0.384 e. The summed E-state index contributed by atoms with van der Waals surface area (Å²) in [4.78, 5) is 1.30. The van der Waals surface area contributed by atoms with Crippen LogP contribution in [0.3, 0.4) is 0 Å². The molecular formula is C14H14BrNS. The van der Waals surface area contributed by atoms with Gasteiger partial charge in [-0.05, 0) is 30.3 Å². The molecule has 17 heavy (non-hydrogen) atoms. The lowest BCUT2D eigenvalue weighted by molar-refractivity contribution is 1.22. The summed E-state index contributed by atoms with van der Waals surface area (Å²) in [5.41, 5.74) is 1.18. The highest BCUT2D eigenvalue weighted by Gasteiger charge is 1.95. The fraction of sp³-hybridized carbons (Fsp3) is 0.143. The third kappa shape index (κ3) is 4.44. The monoisotopic (exact) mass is 307 g/mol. The number of halogens is 1. The summed E-state index contributed by atoms with van der Waals surface area (Å²) in [6, 6.07) is 18.7. The van der Waals surface area contributed by atoms with Gasteiger partial charge in [0.2, 0.25) is 0 Å². The lowest BCUT2D eigenvalue weighted by Gasteiger charge is -2.06. The van der Waals surface area contributed by atoms with E-state index < -0.39 is 0 Å². The van der Waals surface area contributed by atoms with Gasteiger partial charge in [-0.1, -0.05) is 40.2 Å². The van der Waals surface area contributed by atoms with E-state index in [0.29, 0.717) is 0 Å². The van der Waals surface area contributed by atoms with Gasteiger partial charge in [0, 0.05) is 27.4 Å². The second-order valence-electron chi connectivity index (χ2n) is 3.60. The molecule has 0 aliphatic rings. The summed E-state index contributed by atoms with van der Waals surface area (Å²) >= 11 is 5.34. The second kappa shape index (κ2) is 6.72. The molecule has 0 radical (unpaired) electrons. The van der Waals surface area contributed by atoms with E-state index in [-0.39, 0.29) is 0 Å². The average molecular weight is 308 g/mol. The maximum atomic E-state index is 3.48. The first-order valence-electron chi connectivity index (χ1n) is 5.52. The molecule has 0 unspecified atom stereocenters. The van der Waals surface area contributed by atoms with E-state index in [2.05, 4.69) is 51.6 Å². The molecule has 0 bridgehead atoms. The van der Waals surface area contributed by atoms with Gasteiger partial charge in [-0.15, -0.1) is 11.8 Å². The van der Waals surface area contributed by atoms with Crippen LogP contribution in [0.2, 0.25) is 0 Å². The molecule has 0 spiro atoms. The first-order valence-corrected chi connectivity index (χ1v) is 7.30. The van der Waals surface area contributed by atoms with Crippen molar-refractivity contribution in [3.8, 4) is 0 Å². The molecule has 2 rings (SSSR count). The van der Waals surface area contributed by atoms with Crippen LogP contribution in [-0.2, 0) is 0 Å². The van der Waals surface area contributed by atoms with Crippen LogP contribution in [-0.4, -0.2) is 12.3 Å². The summed E-state index contributed by atoms with van der Waals surface area (Å²) in [6.45, 7) is 0.973. The first kappa shape index (κ1) is 12.5. The molecule has 1 nitrogen and oxygen atoms in total. The van der Waals surface area contributed by atoms with Gasteiger partial charge >= 0.3 is 0 Å². The molecule has 2 aromatic rings. The van der Waals surface area contributed by atoms with Gasteiger partial charge in [0.05, 0.1) is 0 Å². The van der Waals surface area contributed by atoms with Crippen LogP contribution in [0.1, 0.15) is 0 Å². The van der Waals surface area contributed by atoms with Crippen molar-refractivity contribution in [1.82, 2.24) is 0 Å². The standard InChI is InChI=1S/C14H14BrNS/c15-12-5-4-8-14(11-12)17-10-9-16-13-6-2-1-3-7-13/h1-8,11,16H,9-10H2. The van der Waals surface area contributed by atoms with E-state index >= 15 is 0 Å².